The molecule has 1 atom stereocenters. The Morgan fingerprint density at radius 2 is 2.07 bits per heavy atom. The number of hydrogen-bond acceptors (Lipinski definition) is 3. The van der Waals surface area contributed by atoms with Crippen LogP contribution in [0.25, 0.3) is 0 Å². The van der Waals surface area contributed by atoms with Gasteiger partial charge in [0.05, 0.1) is 7.11 Å². The van der Waals surface area contributed by atoms with Crippen molar-refractivity contribution in [3.8, 4) is 0 Å². The SMILES string of the molecule is COC(=O)C1(C(=O)N2CCC[C@@H]2C)CC1. The van der Waals surface area contributed by atoms with Crippen LogP contribution >= 0.6 is 0 Å². The van der Waals surface area contributed by atoms with Crippen molar-refractivity contribution in [2.45, 2.75) is 38.6 Å². The van der Waals surface area contributed by atoms with Crippen molar-refractivity contribution in [3.63, 3.8) is 0 Å². The van der Waals surface area contributed by atoms with Gasteiger partial charge >= 0.3 is 5.97 Å². The number of rotatable bonds is 2. The first-order valence-corrected chi connectivity index (χ1v) is 5.51. The molecule has 1 saturated carbocycles. The zero-order valence-electron chi connectivity index (χ0n) is 9.28. The van der Waals surface area contributed by atoms with Crippen molar-refractivity contribution in [3.05, 3.63) is 0 Å². The molecule has 1 aliphatic heterocycles. The first kappa shape index (κ1) is 10.5. The Morgan fingerprint density at radius 1 is 1.40 bits per heavy atom. The highest BCUT2D eigenvalue weighted by atomic mass is 16.5. The smallest absolute Gasteiger partial charge is 0.321 e. The molecule has 0 spiro atoms. The van der Waals surface area contributed by atoms with E-state index in [9.17, 15) is 9.59 Å². The molecule has 15 heavy (non-hydrogen) atoms. The van der Waals surface area contributed by atoms with Crippen molar-refractivity contribution < 1.29 is 14.3 Å². The number of hydrogen-bond donors (Lipinski definition) is 0. The number of methoxy groups -OCH3 is 1. The zero-order valence-corrected chi connectivity index (χ0v) is 9.28. The average Bonchev–Trinajstić information content (AvgIpc) is 2.94. The van der Waals surface area contributed by atoms with Gasteiger partial charge in [0.15, 0.2) is 0 Å². The zero-order chi connectivity index (χ0) is 11.1. The second-order valence-electron chi connectivity index (χ2n) is 4.56. The van der Waals surface area contributed by atoms with Crippen LogP contribution in [0.2, 0.25) is 0 Å². The largest absolute Gasteiger partial charge is 0.468 e. The predicted molar refractivity (Wildman–Crippen MR) is 54.1 cm³/mol. The summed E-state index contributed by atoms with van der Waals surface area (Å²) in [5, 5.41) is 0. The highest BCUT2D eigenvalue weighted by Gasteiger charge is 2.59. The molecule has 1 saturated heterocycles. The summed E-state index contributed by atoms with van der Waals surface area (Å²) in [7, 11) is 1.35. The standard InChI is InChI=1S/C11H17NO3/c1-8-4-3-7-12(8)9(13)11(5-6-11)10(14)15-2/h8H,3-7H2,1-2H3/t8-/m0/s1. The Labute approximate surface area is 89.6 Å². The van der Waals surface area contributed by atoms with E-state index in [1.165, 1.54) is 7.11 Å². The molecule has 2 fully saturated rings. The van der Waals surface area contributed by atoms with Crippen LogP contribution in [-0.2, 0) is 14.3 Å². The molecule has 2 rings (SSSR count). The molecule has 1 amide bonds. The van der Waals surface area contributed by atoms with E-state index in [1.54, 1.807) is 0 Å². The van der Waals surface area contributed by atoms with Crippen molar-refractivity contribution in [2.24, 2.45) is 5.41 Å². The van der Waals surface area contributed by atoms with Crippen LogP contribution < -0.4 is 0 Å². The predicted octanol–water partition coefficient (Wildman–Crippen LogP) is 0.950. The van der Waals surface area contributed by atoms with Gasteiger partial charge in [-0.05, 0) is 32.6 Å². The molecular formula is C11H17NO3. The Balaban J connectivity index is 2.11. The average molecular weight is 211 g/mol. The Bertz CT molecular complexity index is 296. The van der Waals surface area contributed by atoms with Crippen LogP contribution in [-0.4, -0.2) is 36.5 Å². The Hall–Kier alpha value is -1.06. The van der Waals surface area contributed by atoms with Crippen LogP contribution in [0.3, 0.4) is 0 Å². The molecule has 0 N–H and O–H groups in total. The first-order chi connectivity index (χ1) is 7.12. The number of amides is 1. The summed E-state index contributed by atoms with van der Waals surface area (Å²) in [6.45, 7) is 2.83. The minimum Gasteiger partial charge on any atom is -0.468 e. The summed E-state index contributed by atoms with van der Waals surface area (Å²) in [5.74, 6) is -0.369. The molecule has 4 nitrogen and oxygen atoms in total. The van der Waals surface area contributed by atoms with Crippen molar-refractivity contribution in [2.75, 3.05) is 13.7 Å². The van der Waals surface area contributed by atoms with Gasteiger partial charge in [-0.2, -0.15) is 0 Å². The third-order valence-corrected chi connectivity index (χ3v) is 3.55. The molecule has 0 radical (unpaired) electrons. The monoisotopic (exact) mass is 211 g/mol. The number of likely N-dealkylation sites (tertiary alicyclic amines) is 1. The summed E-state index contributed by atoms with van der Waals surface area (Å²) < 4.78 is 4.71. The Kier molecular flexibility index (Phi) is 2.44. The third kappa shape index (κ3) is 1.52. The van der Waals surface area contributed by atoms with Gasteiger partial charge in [-0.25, -0.2) is 0 Å². The fourth-order valence-electron chi connectivity index (χ4n) is 2.34. The van der Waals surface area contributed by atoms with Crippen LogP contribution in [0, 0.1) is 5.41 Å². The Morgan fingerprint density at radius 3 is 2.47 bits per heavy atom. The number of esters is 1. The molecule has 1 heterocycles. The maximum absolute atomic E-state index is 12.2. The van der Waals surface area contributed by atoms with Gasteiger partial charge in [0.1, 0.15) is 5.41 Å². The number of carbonyl (C=O) groups excluding carboxylic acids is 2. The van der Waals surface area contributed by atoms with Crippen LogP contribution in [0.5, 0.6) is 0 Å². The quantitative estimate of drug-likeness (QED) is 0.504. The van der Waals surface area contributed by atoms with E-state index in [0.29, 0.717) is 12.8 Å². The molecular weight excluding hydrogens is 194 g/mol. The maximum atomic E-state index is 12.2. The minimum atomic E-state index is -0.812. The second kappa shape index (κ2) is 3.51. The molecule has 0 bridgehead atoms. The van der Waals surface area contributed by atoms with Gasteiger partial charge in [0.25, 0.3) is 0 Å². The lowest BCUT2D eigenvalue weighted by molar-refractivity contribution is -0.156. The lowest BCUT2D eigenvalue weighted by atomic mass is 10.1. The molecule has 0 aromatic rings. The molecule has 4 heteroatoms. The van der Waals surface area contributed by atoms with Gasteiger partial charge in [-0.1, -0.05) is 0 Å². The van der Waals surface area contributed by atoms with E-state index in [1.807, 2.05) is 11.8 Å². The van der Waals surface area contributed by atoms with Crippen molar-refractivity contribution >= 4 is 11.9 Å². The van der Waals surface area contributed by atoms with Gasteiger partial charge in [-0.15, -0.1) is 0 Å². The van der Waals surface area contributed by atoms with E-state index in [0.717, 1.165) is 19.4 Å². The molecule has 2 aliphatic rings. The van der Waals surface area contributed by atoms with Gasteiger partial charge in [0, 0.05) is 12.6 Å². The van der Waals surface area contributed by atoms with E-state index >= 15 is 0 Å². The molecule has 1 aliphatic carbocycles. The van der Waals surface area contributed by atoms with Gasteiger partial charge in [0.2, 0.25) is 5.91 Å². The molecule has 0 aromatic carbocycles. The minimum absolute atomic E-state index is 0.0145. The van der Waals surface area contributed by atoms with Crippen LogP contribution in [0.4, 0.5) is 0 Å². The summed E-state index contributed by atoms with van der Waals surface area (Å²) >= 11 is 0. The van der Waals surface area contributed by atoms with Gasteiger partial charge < -0.3 is 9.64 Å². The third-order valence-electron chi connectivity index (χ3n) is 3.55. The first-order valence-electron chi connectivity index (χ1n) is 5.51. The molecule has 84 valence electrons. The fraction of sp³-hybridized carbons (Fsp3) is 0.818. The topological polar surface area (TPSA) is 46.6 Å². The van der Waals surface area contributed by atoms with Crippen LogP contribution in [0.15, 0.2) is 0 Å². The summed E-state index contributed by atoms with van der Waals surface area (Å²) in [5.41, 5.74) is -0.812. The van der Waals surface area contributed by atoms with Crippen molar-refractivity contribution in [1.82, 2.24) is 4.90 Å². The van der Waals surface area contributed by atoms with Gasteiger partial charge in [-0.3, -0.25) is 9.59 Å². The van der Waals surface area contributed by atoms with Crippen LogP contribution in [0.1, 0.15) is 32.6 Å². The lowest BCUT2D eigenvalue weighted by Gasteiger charge is -2.25. The van der Waals surface area contributed by atoms with E-state index in [2.05, 4.69) is 0 Å². The molecule has 0 unspecified atom stereocenters. The van der Waals surface area contributed by atoms with Crippen molar-refractivity contribution in [1.29, 1.82) is 0 Å². The van der Waals surface area contributed by atoms with E-state index < -0.39 is 5.41 Å². The summed E-state index contributed by atoms with van der Waals surface area (Å²) in [6.07, 6.45) is 3.40. The lowest BCUT2D eigenvalue weighted by Crippen LogP contribution is -2.42. The second-order valence-corrected chi connectivity index (χ2v) is 4.56. The maximum Gasteiger partial charge on any atom is 0.321 e. The summed E-state index contributed by atoms with van der Waals surface area (Å²) in [4.78, 5) is 25.5. The molecule has 0 aromatic heterocycles. The normalized spacial score (nSPS) is 27.6. The number of carbonyl (C=O) groups is 2. The fourth-order valence-corrected chi connectivity index (χ4v) is 2.34. The summed E-state index contributed by atoms with van der Waals surface area (Å²) in [6, 6.07) is 0.277. The van der Waals surface area contributed by atoms with E-state index in [-0.39, 0.29) is 17.9 Å². The highest BCUT2D eigenvalue weighted by Crippen LogP contribution is 2.49. The number of nitrogens with zero attached hydrogens (tertiary/aromatic N) is 1. The number of ether oxygens (including phenoxy) is 1. The van der Waals surface area contributed by atoms with E-state index in [4.69, 9.17) is 4.74 Å². The highest BCUT2D eigenvalue weighted by molar-refractivity contribution is 6.05.